The molecule has 0 atom stereocenters. The second kappa shape index (κ2) is 7.64. The van der Waals surface area contributed by atoms with Crippen molar-refractivity contribution in [3.05, 3.63) is 82.8 Å². The first-order valence-corrected chi connectivity index (χ1v) is 9.08. The van der Waals surface area contributed by atoms with E-state index in [2.05, 4.69) is 10.3 Å². The van der Waals surface area contributed by atoms with Crippen LogP contribution in [-0.2, 0) is 17.8 Å². The second-order valence-corrected chi connectivity index (χ2v) is 6.56. The minimum atomic E-state index is -0.423. The third-order valence-corrected chi connectivity index (χ3v) is 4.72. The molecule has 0 saturated heterocycles. The molecule has 0 spiro atoms. The molecule has 6 nitrogen and oxygen atoms in total. The minimum Gasteiger partial charge on any atom is -0.356 e. The molecule has 0 aliphatic rings. The van der Waals surface area contributed by atoms with Crippen molar-refractivity contribution in [3.63, 3.8) is 0 Å². The molecule has 0 unspecified atom stereocenters. The van der Waals surface area contributed by atoms with Gasteiger partial charge in [0.25, 0.3) is 5.56 Å². The second-order valence-electron chi connectivity index (χ2n) is 6.56. The van der Waals surface area contributed by atoms with E-state index in [9.17, 15) is 14.0 Å². The lowest BCUT2D eigenvalue weighted by molar-refractivity contribution is -0.121. The number of pyridine rings is 1. The van der Waals surface area contributed by atoms with Crippen LogP contribution in [0, 0.1) is 5.82 Å². The van der Waals surface area contributed by atoms with Crippen LogP contribution in [0.1, 0.15) is 12.0 Å². The Morgan fingerprint density at radius 2 is 2.00 bits per heavy atom. The Balaban J connectivity index is 1.51. The van der Waals surface area contributed by atoms with Crippen molar-refractivity contribution in [2.24, 2.45) is 0 Å². The van der Waals surface area contributed by atoms with Gasteiger partial charge < -0.3 is 14.3 Å². The number of benzene rings is 1. The summed E-state index contributed by atoms with van der Waals surface area (Å²) in [5.74, 6) is -0.580. The number of carbonyl (C=O) groups excluding carboxylic acids is 1. The molecule has 1 amide bonds. The average molecular weight is 378 g/mol. The number of carbonyl (C=O) groups is 1. The Labute approximate surface area is 160 Å². The highest BCUT2D eigenvalue weighted by molar-refractivity contribution is 5.80. The van der Waals surface area contributed by atoms with Gasteiger partial charge in [-0.2, -0.15) is 0 Å². The predicted octanol–water partition coefficient (Wildman–Crippen LogP) is 2.54. The molecular formula is C21H19FN4O2. The number of nitrogens with one attached hydrogen (secondary N) is 1. The van der Waals surface area contributed by atoms with Gasteiger partial charge in [0.05, 0.1) is 11.0 Å². The summed E-state index contributed by atoms with van der Waals surface area (Å²) in [7, 11) is 0. The van der Waals surface area contributed by atoms with Crippen molar-refractivity contribution in [1.29, 1.82) is 0 Å². The van der Waals surface area contributed by atoms with Crippen LogP contribution in [0.3, 0.4) is 0 Å². The summed E-state index contributed by atoms with van der Waals surface area (Å²) in [6.07, 6.45) is 6.06. The maximum atomic E-state index is 13.8. The molecule has 142 valence electrons. The van der Waals surface area contributed by atoms with Crippen LogP contribution in [0.25, 0.3) is 16.6 Å². The van der Waals surface area contributed by atoms with Crippen molar-refractivity contribution in [2.75, 3.05) is 6.54 Å². The average Bonchev–Trinajstić information content (AvgIpc) is 3.19. The fourth-order valence-electron chi connectivity index (χ4n) is 3.35. The van der Waals surface area contributed by atoms with E-state index in [1.54, 1.807) is 41.2 Å². The van der Waals surface area contributed by atoms with Crippen LogP contribution in [0.5, 0.6) is 0 Å². The fraction of sp³-hybridized carbons (Fsp3) is 0.190. The first-order chi connectivity index (χ1) is 13.6. The number of hydrogen-bond acceptors (Lipinski definition) is 3. The number of amides is 1. The molecular weight excluding hydrogens is 359 g/mol. The molecule has 3 aromatic heterocycles. The largest absolute Gasteiger partial charge is 0.356 e. The van der Waals surface area contributed by atoms with Gasteiger partial charge in [-0.1, -0.05) is 6.07 Å². The van der Waals surface area contributed by atoms with E-state index in [4.69, 9.17) is 0 Å². The van der Waals surface area contributed by atoms with Gasteiger partial charge in [-0.15, -0.1) is 0 Å². The number of rotatable bonds is 6. The van der Waals surface area contributed by atoms with Gasteiger partial charge in [-0.3, -0.25) is 14.6 Å². The monoisotopic (exact) mass is 378 g/mol. The zero-order chi connectivity index (χ0) is 19.5. The lowest BCUT2D eigenvalue weighted by Crippen LogP contribution is -2.29. The number of fused-ring (bicyclic) bond motifs is 3. The van der Waals surface area contributed by atoms with Gasteiger partial charge in [-0.25, -0.2) is 4.39 Å². The molecule has 1 aromatic carbocycles. The predicted molar refractivity (Wildman–Crippen MR) is 105 cm³/mol. The van der Waals surface area contributed by atoms with E-state index in [-0.39, 0.29) is 24.4 Å². The first kappa shape index (κ1) is 17.9. The Bertz CT molecular complexity index is 1200. The number of aryl methyl sites for hydroxylation is 1. The molecule has 0 radical (unpaired) electrons. The van der Waals surface area contributed by atoms with Gasteiger partial charge in [0.1, 0.15) is 11.3 Å². The van der Waals surface area contributed by atoms with Crippen molar-refractivity contribution in [3.8, 4) is 0 Å². The molecule has 3 heterocycles. The van der Waals surface area contributed by atoms with Gasteiger partial charge in [0, 0.05) is 38.1 Å². The van der Waals surface area contributed by atoms with E-state index in [0.29, 0.717) is 24.0 Å². The maximum absolute atomic E-state index is 13.8. The molecule has 7 heteroatoms. The van der Waals surface area contributed by atoms with Crippen LogP contribution in [-0.4, -0.2) is 26.4 Å². The summed E-state index contributed by atoms with van der Waals surface area (Å²) >= 11 is 0. The third-order valence-electron chi connectivity index (χ3n) is 4.72. The summed E-state index contributed by atoms with van der Waals surface area (Å²) in [6, 6.07) is 11.6. The normalized spacial score (nSPS) is 11.2. The van der Waals surface area contributed by atoms with Crippen molar-refractivity contribution < 1.29 is 9.18 Å². The number of halogens is 1. The molecule has 1 N–H and O–H groups in total. The summed E-state index contributed by atoms with van der Waals surface area (Å²) in [6.45, 7) is 0.672. The molecule has 0 bridgehead atoms. The number of hydrogen-bond donors (Lipinski definition) is 1. The topological polar surface area (TPSA) is 68.4 Å². The zero-order valence-corrected chi connectivity index (χ0v) is 15.1. The van der Waals surface area contributed by atoms with Crippen LogP contribution < -0.4 is 10.9 Å². The SMILES string of the molecule is O=C(CCn1c(=O)c2cccn2c2ccc(F)cc21)NCCc1cccnc1. The van der Waals surface area contributed by atoms with Gasteiger partial charge in [-0.05, 0) is 48.4 Å². The molecule has 4 rings (SSSR count). The molecule has 0 saturated carbocycles. The van der Waals surface area contributed by atoms with Crippen molar-refractivity contribution in [2.45, 2.75) is 19.4 Å². The molecule has 4 aromatic rings. The van der Waals surface area contributed by atoms with Crippen LogP contribution in [0.15, 0.2) is 65.8 Å². The van der Waals surface area contributed by atoms with Crippen molar-refractivity contribution >= 4 is 22.5 Å². The lowest BCUT2D eigenvalue weighted by atomic mass is 10.2. The number of nitrogens with zero attached hydrogens (tertiary/aromatic N) is 3. The lowest BCUT2D eigenvalue weighted by Gasteiger charge is -2.13. The summed E-state index contributed by atoms with van der Waals surface area (Å²) in [4.78, 5) is 29.1. The van der Waals surface area contributed by atoms with Crippen LogP contribution in [0.4, 0.5) is 4.39 Å². The maximum Gasteiger partial charge on any atom is 0.275 e. The highest BCUT2D eigenvalue weighted by Crippen LogP contribution is 2.17. The molecule has 0 fully saturated rings. The van der Waals surface area contributed by atoms with E-state index < -0.39 is 5.82 Å². The van der Waals surface area contributed by atoms with Gasteiger partial charge in [0.2, 0.25) is 5.91 Å². The Morgan fingerprint density at radius 3 is 2.82 bits per heavy atom. The van der Waals surface area contributed by atoms with Gasteiger partial charge >= 0.3 is 0 Å². The Kier molecular flexibility index (Phi) is 4.89. The zero-order valence-electron chi connectivity index (χ0n) is 15.1. The first-order valence-electron chi connectivity index (χ1n) is 9.08. The Hall–Kier alpha value is -3.48. The van der Waals surface area contributed by atoms with Crippen LogP contribution in [0.2, 0.25) is 0 Å². The molecule has 0 aliphatic carbocycles. The van der Waals surface area contributed by atoms with Crippen LogP contribution >= 0.6 is 0 Å². The van der Waals surface area contributed by atoms with E-state index in [1.807, 2.05) is 12.1 Å². The summed E-state index contributed by atoms with van der Waals surface area (Å²) in [5, 5.41) is 2.85. The highest BCUT2D eigenvalue weighted by Gasteiger charge is 2.12. The quantitative estimate of drug-likeness (QED) is 0.561. The smallest absolute Gasteiger partial charge is 0.275 e. The highest BCUT2D eigenvalue weighted by atomic mass is 19.1. The fourth-order valence-corrected chi connectivity index (χ4v) is 3.35. The van der Waals surface area contributed by atoms with E-state index in [1.165, 1.54) is 16.7 Å². The minimum absolute atomic E-state index is 0.134. The third kappa shape index (κ3) is 3.51. The van der Waals surface area contributed by atoms with Gasteiger partial charge in [0.15, 0.2) is 0 Å². The molecule has 0 aliphatic heterocycles. The van der Waals surface area contributed by atoms with Crippen molar-refractivity contribution in [1.82, 2.24) is 19.3 Å². The molecule has 28 heavy (non-hydrogen) atoms. The standard InChI is InChI=1S/C21H19FN4O2/c22-16-5-6-17-19(13-16)26(21(28)18-4-2-11-25(17)18)12-8-20(27)24-10-7-15-3-1-9-23-14-15/h1-6,9,11,13-14H,7-8,10,12H2,(H,24,27). The summed E-state index contributed by atoms with van der Waals surface area (Å²) < 4.78 is 17.0. The van der Waals surface area contributed by atoms with E-state index in [0.717, 1.165) is 11.1 Å². The van der Waals surface area contributed by atoms with E-state index >= 15 is 0 Å². The number of aromatic nitrogens is 3. The summed E-state index contributed by atoms with van der Waals surface area (Å²) in [5.41, 5.74) is 2.48. The Morgan fingerprint density at radius 1 is 1.11 bits per heavy atom.